The van der Waals surface area contributed by atoms with Crippen LogP contribution in [0.25, 0.3) is 0 Å². The first kappa shape index (κ1) is 21.6. The molecule has 1 amide bonds. The monoisotopic (exact) mass is 424 g/mol. The van der Waals surface area contributed by atoms with Gasteiger partial charge in [0.05, 0.1) is 7.11 Å². The molecule has 0 aliphatic carbocycles. The van der Waals surface area contributed by atoms with Crippen molar-refractivity contribution in [3.63, 3.8) is 0 Å². The Morgan fingerprint density at radius 1 is 1.13 bits per heavy atom. The van der Waals surface area contributed by atoms with E-state index in [9.17, 15) is 4.79 Å². The molecule has 2 aliphatic heterocycles. The van der Waals surface area contributed by atoms with Crippen LogP contribution in [0.5, 0.6) is 5.75 Å². The van der Waals surface area contributed by atoms with E-state index in [0.717, 1.165) is 74.9 Å². The van der Waals surface area contributed by atoms with Crippen molar-refractivity contribution in [1.29, 1.82) is 0 Å². The molecule has 31 heavy (non-hydrogen) atoms. The number of piperidine rings is 1. The van der Waals surface area contributed by atoms with Gasteiger partial charge >= 0.3 is 0 Å². The number of carbonyl (C=O) groups excluding carboxylic acids is 1. The molecule has 0 N–H and O–H groups in total. The first-order chi connectivity index (χ1) is 15.1. The van der Waals surface area contributed by atoms with Gasteiger partial charge in [-0.05, 0) is 38.7 Å². The second-order valence-corrected chi connectivity index (χ2v) is 8.39. The van der Waals surface area contributed by atoms with E-state index in [2.05, 4.69) is 24.0 Å². The van der Waals surface area contributed by atoms with Gasteiger partial charge in [-0.15, -0.1) is 0 Å². The Bertz CT molecular complexity index is 925. The second-order valence-electron chi connectivity index (χ2n) is 8.39. The minimum absolute atomic E-state index is 0.0615. The number of aromatic nitrogens is 2. The van der Waals surface area contributed by atoms with Gasteiger partial charge in [-0.25, -0.2) is 9.97 Å². The van der Waals surface area contributed by atoms with Crippen molar-refractivity contribution in [3.05, 3.63) is 46.9 Å². The quantitative estimate of drug-likeness (QED) is 0.710. The van der Waals surface area contributed by atoms with Crippen molar-refractivity contribution < 1.29 is 14.3 Å². The molecule has 166 valence electrons. The number of benzene rings is 1. The molecule has 7 heteroatoms. The van der Waals surface area contributed by atoms with Crippen LogP contribution in [0.1, 0.15) is 47.8 Å². The molecule has 0 unspecified atom stereocenters. The van der Waals surface area contributed by atoms with E-state index in [1.54, 1.807) is 14.2 Å². The topological polar surface area (TPSA) is 67.8 Å². The number of para-hydroxylation sites is 1. The molecule has 0 atom stereocenters. The summed E-state index contributed by atoms with van der Waals surface area (Å²) < 4.78 is 10.6. The largest absolute Gasteiger partial charge is 0.496 e. The van der Waals surface area contributed by atoms with E-state index in [4.69, 9.17) is 19.4 Å². The molecule has 0 bridgehead atoms. The molecule has 3 heterocycles. The van der Waals surface area contributed by atoms with E-state index in [1.807, 2.05) is 17.0 Å². The maximum atomic E-state index is 12.1. The van der Waals surface area contributed by atoms with Crippen molar-refractivity contribution in [2.45, 2.75) is 45.1 Å². The number of likely N-dealkylation sites (tertiary alicyclic amines) is 1. The summed E-state index contributed by atoms with van der Waals surface area (Å²) in [7, 11) is 3.28. The highest BCUT2D eigenvalue weighted by Crippen LogP contribution is 2.33. The Balaban J connectivity index is 1.54. The van der Waals surface area contributed by atoms with Crippen LogP contribution in [0.15, 0.2) is 24.3 Å². The van der Waals surface area contributed by atoms with Crippen LogP contribution >= 0.6 is 0 Å². The molecule has 2 aromatic rings. The Kier molecular flexibility index (Phi) is 6.70. The molecule has 1 aromatic carbocycles. The molecule has 1 fully saturated rings. The van der Waals surface area contributed by atoms with Crippen molar-refractivity contribution in [3.8, 4) is 5.75 Å². The number of methoxy groups -OCH3 is 2. The molecule has 0 spiro atoms. The van der Waals surface area contributed by atoms with E-state index in [1.165, 1.54) is 11.1 Å². The minimum atomic E-state index is 0.0615. The Morgan fingerprint density at radius 3 is 2.65 bits per heavy atom. The van der Waals surface area contributed by atoms with Crippen LogP contribution < -0.4 is 9.64 Å². The Morgan fingerprint density at radius 2 is 1.90 bits per heavy atom. The first-order valence-electron chi connectivity index (χ1n) is 11.1. The lowest BCUT2D eigenvalue weighted by Gasteiger charge is -2.34. The van der Waals surface area contributed by atoms with Gasteiger partial charge in [0.25, 0.3) is 0 Å². The standard InChI is InChI=1S/C24H32N4O3/c1-17-20-8-6-12-28(15-19-7-4-5-9-21(19)31-3)24(20)26-23(25-17)18-10-13-27(14-11-18)22(29)16-30-2/h4-5,7,9,18H,6,8,10-16H2,1-3H3. The van der Waals surface area contributed by atoms with E-state index >= 15 is 0 Å². The third kappa shape index (κ3) is 4.66. The number of nitrogens with zero attached hydrogens (tertiary/aromatic N) is 4. The van der Waals surface area contributed by atoms with Crippen molar-refractivity contribution in [1.82, 2.24) is 14.9 Å². The van der Waals surface area contributed by atoms with E-state index in [-0.39, 0.29) is 18.4 Å². The fourth-order valence-electron chi connectivity index (χ4n) is 4.69. The van der Waals surface area contributed by atoms with Crippen molar-refractivity contribution in [2.75, 3.05) is 45.4 Å². The summed E-state index contributed by atoms with van der Waals surface area (Å²) in [5, 5.41) is 0. The number of hydrogen-bond acceptors (Lipinski definition) is 6. The third-order valence-electron chi connectivity index (χ3n) is 6.40. The number of carbonyl (C=O) groups is 1. The van der Waals surface area contributed by atoms with Crippen LogP contribution in [-0.2, 0) is 22.5 Å². The van der Waals surface area contributed by atoms with Gasteiger partial charge in [-0.2, -0.15) is 0 Å². The zero-order valence-corrected chi connectivity index (χ0v) is 18.8. The average molecular weight is 425 g/mol. The normalized spacial score (nSPS) is 16.9. The molecule has 7 nitrogen and oxygen atoms in total. The molecule has 1 saturated heterocycles. The molecule has 0 saturated carbocycles. The number of hydrogen-bond donors (Lipinski definition) is 0. The van der Waals surface area contributed by atoms with Crippen molar-refractivity contribution >= 4 is 11.7 Å². The molecule has 1 aromatic heterocycles. The number of amides is 1. The molecule has 0 radical (unpaired) electrons. The summed E-state index contributed by atoms with van der Waals surface area (Å²) in [6.45, 7) is 5.47. The lowest BCUT2D eigenvalue weighted by molar-refractivity contribution is -0.136. The van der Waals surface area contributed by atoms with Gasteiger partial charge in [-0.1, -0.05) is 18.2 Å². The van der Waals surface area contributed by atoms with Gasteiger partial charge in [-0.3, -0.25) is 4.79 Å². The first-order valence-corrected chi connectivity index (χ1v) is 11.1. The van der Waals surface area contributed by atoms with Gasteiger partial charge in [0.15, 0.2) is 0 Å². The fraction of sp³-hybridized carbons (Fsp3) is 0.542. The third-order valence-corrected chi connectivity index (χ3v) is 6.40. The van der Waals surface area contributed by atoms with Gasteiger partial charge in [0, 0.05) is 56.0 Å². The van der Waals surface area contributed by atoms with Gasteiger partial charge in [0.2, 0.25) is 5.91 Å². The lowest BCUT2D eigenvalue weighted by atomic mass is 9.95. The highest BCUT2D eigenvalue weighted by atomic mass is 16.5. The number of ether oxygens (including phenoxy) is 2. The van der Waals surface area contributed by atoms with E-state index < -0.39 is 0 Å². The van der Waals surface area contributed by atoms with Gasteiger partial charge in [0.1, 0.15) is 24.0 Å². The fourth-order valence-corrected chi connectivity index (χ4v) is 4.69. The van der Waals surface area contributed by atoms with Crippen LogP contribution in [0.4, 0.5) is 5.82 Å². The van der Waals surface area contributed by atoms with Crippen LogP contribution in [0.2, 0.25) is 0 Å². The highest BCUT2D eigenvalue weighted by molar-refractivity contribution is 5.77. The maximum Gasteiger partial charge on any atom is 0.248 e. The summed E-state index contributed by atoms with van der Waals surface area (Å²) in [5.41, 5.74) is 3.51. The minimum Gasteiger partial charge on any atom is -0.496 e. The number of aryl methyl sites for hydroxylation is 1. The predicted octanol–water partition coefficient (Wildman–Crippen LogP) is 3.10. The number of anilines is 1. The number of rotatable bonds is 6. The van der Waals surface area contributed by atoms with Crippen LogP contribution in [0.3, 0.4) is 0 Å². The SMILES string of the molecule is COCC(=O)N1CCC(c2nc(C)c3c(n2)N(Cc2ccccc2OC)CCC3)CC1. The van der Waals surface area contributed by atoms with E-state index in [0.29, 0.717) is 0 Å². The lowest BCUT2D eigenvalue weighted by Crippen LogP contribution is -2.40. The van der Waals surface area contributed by atoms with Crippen molar-refractivity contribution in [2.24, 2.45) is 0 Å². The highest BCUT2D eigenvalue weighted by Gasteiger charge is 2.29. The molecule has 2 aliphatic rings. The van der Waals surface area contributed by atoms with Crippen LogP contribution in [-0.4, -0.2) is 61.2 Å². The average Bonchev–Trinajstić information content (AvgIpc) is 2.80. The maximum absolute atomic E-state index is 12.1. The summed E-state index contributed by atoms with van der Waals surface area (Å²) >= 11 is 0. The molecular weight excluding hydrogens is 392 g/mol. The Hall–Kier alpha value is -2.67. The Labute approximate surface area is 184 Å². The predicted molar refractivity (Wildman–Crippen MR) is 120 cm³/mol. The zero-order valence-electron chi connectivity index (χ0n) is 18.8. The smallest absolute Gasteiger partial charge is 0.248 e. The summed E-state index contributed by atoms with van der Waals surface area (Å²) in [6, 6.07) is 8.18. The van der Waals surface area contributed by atoms with Crippen LogP contribution in [0, 0.1) is 6.92 Å². The summed E-state index contributed by atoms with van der Waals surface area (Å²) in [4.78, 5) is 26.3. The molecule has 4 rings (SSSR count). The van der Waals surface area contributed by atoms with Gasteiger partial charge < -0.3 is 19.3 Å². The second kappa shape index (κ2) is 9.64. The summed E-state index contributed by atoms with van der Waals surface area (Å²) in [6.07, 6.45) is 3.90. The zero-order chi connectivity index (χ0) is 21.8. The summed E-state index contributed by atoms with van der Waals surface area (Å²) in [5.74, 6) is 3.24. The number of fused-ring (bicyclic) bond motifs is 1. The molecular formula is C24H32N4O3.